The smallest absolute Gasteiger partial charge is 0.216 e. The molecule has 1 aromatic rings. The highest BCUT2D eigenvalue weighted by atomic mass is 32.2. The van der Waals surface area contributed by atoms with Crippen LogP contribution in [0.25, 0.3) is 0 Å². The van der Waals surface area contributed by atoms with Crippen LogP contribution in [-0.2, 0) is 37.4 Å². The highest BCUT2D eigenvalue weighted by molar-refractivity contribution is 7.89. The van der Waals surface area contributed by atoms with Crippen LogP contribution in [0, 0.1) is 0 Å². The van der Waals surface area contributed by atoms with Gasteiger partial charge in [-0.25, -0.2) is 8.42 Å². The molecule has 1 unspecified atom stereocenters. The Bertz CT molecular complexity index is 694. The zero-order valence-electron chi connectivity index (χ0n) is 13.8. The Balaban J connectivity index is 1.71. The summed E-state index contributed by atoms with van der Waals surface area (Å²) in [6.07, 6.45) is 0.0121. The van der Waals surface area contributed by atoms with Crippen LogP contribution >= 0.6 is 0 Å². The van der Waals surface area contributed by atoms with Crippen molar-refractivity contribution >= 4 is 16.4 Å². The van der Waals surface area contributed by atoms with Gasteiger partial charge in [-0.2, -0.15) is 4.31 Å². The molecule has 8 heteroatoms. The minimum Gasteiger partial charge on any atom is -0.352 e. The van der Waals surface area contributed by atoms with Gasteiger partial charge in [0.2, 0.25) is 16.4 Å². The molecule has 0 spiro atoms. The Labute approximate surface area is 142 Å². The Morgan fingerprint density at radius 1 is 1.33 bits per heavy atom. The molecule has 132 valence electrons. The van der Waals surface area contributed by atoms with Crippen molar-refractivity contribution in [3.8, 4) is 0 Å². The SMILES string of the molecule is CC1(C)OC[C@H](C(CS(=O)(=O)N2Cc3ccccc3C2)NC=O)O1. The molecule has 24 heavy (non-hydrogen) atoms. The van der Waals surface area contributed by atoms with Crippen LogP contribution in [-0.4, -0.2) is 49.4 Å². The second-order valence-electron chi connectivity index (χ2n) is 6.57. The number of nitrogens with one attached hydrogen (secondary N) is 1. The zero-order valence-corrected chi connectivity index (χ0v) is 14.6. The minimum atomic E-state index is -3.55. The molecule has 1 saturated heterocycles. The highest BCUT2D eigenvalue weighted by Gasteiger charge is 2.40. The Morgan fingerprint density at radius 3 is 2.46 bits per heavy atom. The van der Waals surface area contributed by atoms with Gasteiger partial charge in [-0.15, -0.1) is 0 Å². The van der Waals surface area contributed by atoms with Gasteiger partial charge in [-0.1, -0.05) is 24.3 Å². The summed E-state index contributed by atoms with van der Waals surface area (Å²) in [7, 11) is -3.55. The van der Waals surface area contributed by atoms with Crippen LogP contribution in [0.1, 0.15) is 25.0 Å². The third-order valence-electron chi connectivity index (χ3n) is 4.36. The van der Waals surface area contributed by atoms with Crippen molar-refractivity contribution in [1.82, 2.24) is 9.62 Å². The second-order valence-corrected chi connectivity index (χ2v) is 8.59. The molecular weight excluding hydrogens is 332 g/mol. The fraction of sp³-hybridized carbons (Fsp3) is 0.562. The molecule has 2 aliphatic heterocycles. The van der Waals surface area contributed by atoms with Gasteiger partial charge in [0.15, 0.2) is 5.79 Å². The van der Waals surface area contributed by atoms with Gasteiger partial charge < -0.3 is 14.8 Å². The lowest BCUT2D eigenvalue weighted by Crippen LogP contribution is -2.48. The van der Waals surface area contributed by atoms with E-state index in [1.807, 2.05) is 24.3 Å². The molecular formula is C16H22N2O5S. The maximum absolute atomic E-state index is 12.8. The highest BCUT2D eigenvalue weighted by Crippen LogP contribution is 2.28. The number of sulfonamides is 1. The number of ether oxygens (including phenoxy) is 2. The molecule has 7 nitrogen and oxygen atoms in total. The number of fused-ring (bicyclic) bond motifs is 1. The van der Waals surface area contributed by atoms with Crippen LogP contribution in [0.5, 0.6) is 0 Å². The molecule has 0 aliphatic carbocycles. The summed E-state index contributed by atoms with van der Waals surface area (Å²) in [6.45, 7) is 4.49. The third kappa shape index (κ3) is 3.61. The largest absolute Gasteiger partial charge is 0.352 e. The fourth-order valence-electron chi connectivity index (χ4n) is 3.09. The van der Waals surface area contributed by atoms with Gasteiger partial charge in [0, 0.05) is 13.1 Å². The van der Waals surface area contributed by atoms with E-state index in [4.69, 9.17) is 9.47 Å². The van der Waals surface area contributed by atoms with Crippen molar-refractivity contribution in [1.29, 1.82) is 0 Å². The lowest BCUT2D eigenvalue weighted by molar-refractivity contribution is -0.141. The van der Waals surface area contributed by atoms with E-state index in [2.05, 4.69) is 5.32 Å². The van der Waals surface area contributed by atoms with Crippen LogP contribution in [0.4, 0.5) is 0 Å². The molecule has 1 amide bonds. The number of hydrogen-bond acceptors (Lipinski definition) is 5. The minimum absolute atomic E-state index is 0.218. The number of carbonyl (C=O) groups is 1. The molecule has 0 aromatic heterocycles. The van der Waals surface area contributed by atoms with E-state index >= 15 is 0 Å². The summed E-state index contributed by atoms with van der Waals surface area (Å²) in [5, 5.41) is 2.57. The van der Waals surface area contributed by atoms with E-state index in [-0.39, 0.29) is 12.4 Å². The monoisotopic (exact) mass is 354 g/mol. The van der Waals surface area contributed by atoms with Gasteiger partial charge in [0.25, 0.3) is 0 Å². The predicted molar refractivity (Wildman–Crippen MR) is 87.4 cm³/mol. The maximum Gasteiger partial charge on any atom is 0.216 e. The first kappa shape index (κ1) is 17.3. The van der Waals surface area contributed by atoms with E-state index in [9.17, 15) is 13.2 Å². The summed E-state index contributed by atoms with van der Waals surface area (Å²) in [5.41, 5.74) is 2.03. The Morgan fingerprint density at radius 2 is 1.96 bits per heavy atom. The molecule has 0 saturated carbocycles. The molecule has 1 fully saturated rings. The summed E-state index contributed by atoms with van der Waals surface area (Å²) < 4.78 is 38.2. The van der Waals surface area contributed by atoms with E-state index in [0.29, 0.717) is 19.5 Å². The summed E-state index contributed by atoms with van der Waals surface area (Å²) in [4.78, 5) is 10.9. The fourth-order valence-corrected chi connectivity index (χ4v) is 4.74. The van der Waals surface area contributed by atoms with Crippen LogP contribution < -0.4 is 5.32 Å². The first-order valence-corrected chi connectivity index (χ1v) is 9.48. The summed E-state index contributed by atoms with van der Waals surface area (Å²) >= 11 is 0. The number of carbonyl (C=O) groups excluding carboxylic acids is 1. The molecule has 1 aromatic carbocycles. The summed E-state index contributed by atoms with van der Waals surface area (Å²) in [5.74, 6) is -0.995. The van der Waals surface area contributed by atoms with Crippen LogP contribution in [0.15, 0.2) is 24.3 Å². The van der Waals surface area contributed by atoms with Crippen molar-refractivity contribution < 1.29 is 22.7 Å². The van der Waals surface area contributed by atoms with Crippen molar-refractivity contribution in [3.63, 3.8) is 0 Å². The standard InChI is InChI=1S/C16H22N2O5S/c1-16(2)22-9-15(23-16)14(17-11-19)10-24(20,21)18-7-12-5-3-4-6-13(12)8-18/h3-6,11,14-15H,7-10H2,1-2H3,(H,17,19)/t14?,15-/m1/s1. The average molecular weight is 354 g/mol. The van der Waals surface area contributed by atoms with E-state index < -0.39 is 28.0 Å². The molecule has 2 aliphatic rings. The van der Waals surface area contributed by atoms with Gasteiger partial charge in [0.1, 0.15) is 6.10 Å². The molecule has 2 heterocycles. The normalized spacial score (nSPS) is 24.5. The van der Waals surface area contributed by atoms with Crippen molar-refractivity contribution in [2.75, 3.05) is 12.4 Å². The van der Waals surface area contributed by atoms with Crippen LogP contribution in [0.2, 0.25) is 0 Å². The number of benzene rings is 1. The van der Waals surface area contributed by atoms with Crippen molar-refractivity contribution in [3.05, 3.63) is 35.4 Å². The second kappa shape index (κ2) is 6.44. The van der Waals surface area contributed by atoms with E-state index in [1.165, 1.54) is 4.31 Å². The number of rotatable bonds is 6. The molecule has 3 rings (SSSR count). The maximum atomic E-state index is 12.8. The van der Waals surface area contributed by atoms with Gasteiger partial charge >= 0.3 is 0 Å². The Kier molecular flexibility index (Phi) is 4.65. The Hall–Kier alpha value is -1.48. The number of amides is 1. The zero-order chi connectivity index (χ0) is 17.4. The van der Waals surface area contributed by atoms with Gasteiger partial charge in [0.05, 0.1) is 18.4 Å². The van der Waals surface area contributed by atoms with Gasteiger partial charge in [-0.3, -0.25) is 4.79 Å². The molecule has 1 N–H and O–H groups in total. The van der Waals surface area contributed by atoms with Gasteiger partial charge in [-0.05, 0) is 25.0 Å². The first-order valence-electron chi connectivity index (χ1n) is 7.87. The first-order chi connectivity index (χ1) is 11.3. The van der Waals surface area contributed by atoms with E-state index in [0.717, 1.165) is 11.1 Å². The molecule has 0 radical (unpaired) electrons. The third-order valence-corrected chi connectivity index (χ3v) is 6.18. The van der Waals surface area contributed by atoms with E-state index in [1.54, 1.807) is 13.8 Å². The quantitative estimate of drug-likeness (QED) is 0.756. The number of nitrogens with zero attached hydrogens (tertiary/aromatic N) is 1. The summed E-state index contributed by atoms with van der Waals surface area (Å²) in [6, 6.07) is 7.01. The van der Waals surface area contributed by atoms with Crippen molar-refractivity contribution in [2.24, 2.45) is 0 Å². The molecule has 2 atom stereocenters. The lowest BCUT2D eigenvalue weighted by Gasteiger charge is -2.25. The lowest BCUT2D eigenvalue weighted by atomic mass is 10.1. The average Bonchev–Trinajstić information content (AvgIpc) is 3.10. The van der Waals surface area contributed by atoms with Crippen LogP contribution in [0.3, 0.4) is 0 Å². The predicted octanol–water partition coefficient (Wildman–Crippen LogP) is 0.598. The topological polar surface area (TPSA) is 84.9 Å². The number of hydrogen-bond donors (Lipinski definition) is 1. The van der Waals surface area contributed by atoms with Crippen molar-refractivity contribution in [2.45, 2.75) is 44.9 Å². The molecule has 0 bridgehead atoms.